The summed E-state index contributed by atoms with van der Waals surface area (Å²) in [6.45, 7) is 1.86. The van der Waals surface area contributed by atoms with Gasteiger partial charge in [0.25, 0.3) is 10.1 Å². The molecule has 0 unspecified atom stereocenters. The maximum atomic E-state index is 10.8. The first kappa shape index (κ1) is 10.5. The molecule has 5 heteroatoms. The smallest absolute Gasteiger partial charge is 0.282 e. The van der Waals surface area contributed by atoms with E-state index in [2.05, 4.69) is 0 Å². The first-order valence-corrected chi connectivity index (χ1v) is 5.53. The normalized spacial score (nSPS) is 11.6. The Bertz CT molecular complexity index is 411. The van der Waals surface area contributed by atoms with Gasteiger partial charge in [0, 0.05) is 0 Å². The van der Waals surface area contributed by atoms with Crippen LogP contribution in [-0.2, 0) is 16.5 Å². The summed E-state index contributed by atoms with van der Waals surface area (Å²) in [4.78, 5) is -0.228. The highest BCUT2D eigenvalue weighted by Crippen LogP contribution is 2.25. The molecule has 1 aromatic rings. The Balaban J connectivity index is 3.41. The van der Waals surface area contributed by atoms with Gasteiger partial charge < -0.3 is 0 Å². The van der Waals surface area contributed by atoms with Gasteiger partial charge in [-0.25, -0.2) is 0 Å². The molecule has 0 aliphatic carbocycles. The Morgan fingerprint density at radius 2 is 2.08 bits per heavy atom. The van der Waals surface area contributed by atoms with Crippen molar-refractivity contribution in [2.45, 2.75) is 18.2 Å². The van der Waals surface area contributed by atoms with Crippen LogP contribution in [0.1, 0.15) is 12.5 Å². The van der Waals surface area contributed by atoms with Crippen molar-refractivity contribution in [1.29, 1.82) is 0 Å². The summed E-state index contributed by atoms with van der Waals surface area (Å²) in [6.07, 6.45) is 0.627. The van der Waals surface area contributed by atoms with Crippen molar-refractivity contribution < 1.29 is 13.0 Å². The van der Waals surface area contributed by atoms with E-state index in [-0.39, 0.29) is 9.92 Å². The molecule has 0 amide bonds. The molecule has 13 heavy (non-hydrogen) atoms. The number of hydrogen-bond acceptors (Lipinski definition) is 2. The summed E-state index contributed by atoms with van der Waals surface area (Å²) in [7, 11) is -4.20. The van der Waals surface area contributed by atoms with Gasteiger partial charge in [-0.2, -0.15) is 8.42 Å². The van der Waals surface area contributed by atoms with Crippen molar-refractivity contribution in [2.24, 2.45) is 0 Å². The zero-order valence-electron chi connectivity index (χ0n) is 6.99. The van der Waals surface area contributed by atoms with Crippen LogP contribution in [0.15, 0.2) is 23.1 Å². The van der Waals surface area contributed by atoms with Crippen LogP contribution >= 0.6 is 11.6 Å². The summed E-state index contributed by atoms with van der Waals surface area (Å²) in [6, 6.07) is 4.54. The summed E-state index contributed by atoms with van der Waals surface area (Å²) in [5.41, 5.74) is 0.705. The Morgan fingerprint density at radius 3 is 2.54 bits per heavy atom. The lowest BCUT2D eigenvalue weighted by molar-refractivity contribution is 0.483. The lowest BCUT2D eigenvalue weighted by atomic mass is 10.2. The van der Waals surface area contributed by atoms with E-state index in [0.29, 0.717) is 12.0 Å². The third-order valence-corrected chi connectivity index (χ3v) is 3.16. The number of benzene rings is 1. The lowest BCUT2D eigenvalue weighted by Crippen LogP contribution is -2.00. The molecule has 0 fully saturated rings. The predicted molar refractivity (Wildman–Crippen MR) is 50.6 cm³/mol. The summed E-state index contributed by atoms with van der Waals surface area (Å²) < 4.78 is 30.4. The van der Waals surface area contributed by atoms with Crippen molar-refractivity contribution in [3.63, 3.8) is 0 Å². The summed E-state index contributed by atoms with van der Waals surface area (Å²) in [5, 5.41) is 0.104. The molecule has 0 saturated heterocycles. The average molecular weight is 221 g/mol. The van der Waals surface area contributed by atoms with E-state index >= 15 is 0 Å². The van der Waals surface area contributed by atoms with Crippen molar-refractivity contribution in [3.05, 3.63) is 28.8 Å². The molecule has 0 spiro atoms. The zero-order valence-corrected chi connectivity index (χ0v) is 8.56. The minimum absolute atomic E-state index is 0.104. The molecule has 0 bridgehead atoms. The van der Waals surface area contributed by atoms with Gasteiger partial charge >= 0.3 is 0 Å². The van der Waals surface area contributed by atoms with Gasteiger partial charge in [0.05, 0.1) is 5.02 Å². The van der Waals surface area contributed by atoms with Crippen LogP contribution in [0.25, 0.3) is 0 Å². The number of halogens is 1. The third kappa shape index (κ3) is 2.21. The molecule has 0 radical (unpaired) electrons. The number of rotatable bonds is 2. The van der Waals surface area contributed by atoms with Crippen molar-refractivity contribution in [1.82, 2.24) is 0 Å². The Morgan fingerprint density at radius 1 is 1.46 bits per heavy atom. The molecule has 72 valence electrons. The number of hydrogen-bond donors (Lipinski definition) is 1. The second-order valence-corrected chi connectivity index (χ2v) is 4.33. The van der Waals surface area contributed by atoms with Crippen LogP contribution in [0.4, 0.5) is 0 Å². The van der Waals surface area contributed by atoms with Gasteiger partial charge in [0.1, 0.15) is 4.90 Å². The van der Waals surface area contributed by atoms with Crippen molar-refractivity contribution in [3.8, 4) is 0 Å². The molecule has 0 saturated carbocycles. The molecule has 3 nitrogen and oxygen atoms in total. The third-order valence-electron chi connectivity index (χ3n) is 1.70. The van der Waals surface area contributed by atoms with E-state index in [9.17, 15) is 8.42 Å². The van der Waals surface area contributed by atoms with Gasteiger partial charge in [-0.3, -0.25) is 4.55 Å². The second kappa shape index (κ2) is 3.65. The molecular weight excluding hydrogens is 212 g/mol. The van der Waals surface area contributed by atoms with Crippen molar-refractivity contribution >= 4 is 21.7 Å². The maximum absolute atomic E-state index is 10.8. The van der Waals surface area contributed by atoms with Crippen molar-refractivity contribution in [2.75, 3.05) is 0 Å². The number of aryl methyl sites for hydroxylation is 1. The molecule has 0 aliphatic rings. The predicted octanol–water partition coefficient (Wildman–Crippen LogP) is 2.15. The molecule has 0 aromatic heterocycles. The Labute approximate surface area is 82.1 Å². The molecule has 1 N–H and O–H groups in total. The standard InChI is InChI=1S/C8H9ClO3S/c1-2-6-4-3-5-7(8(6)9)13(10,11)12/h3-5H,2H2,1H3,(H,10,11,12). The molecular formula is C8H9ClO3S. The zero-order chi connectivity index (χ0) is 10.1. The highest BCUT2D eigenvalue weighted by molar-refractivity contribution is 7.86. The lowest BCUT2D eigenvalue weighted by Gasteiger charge is -2.04. The highest BCUT2D eigenvalue weighted by atomic mass is 35.5. The van der Waals surface area contributed by atoms with E-state index in [1.54, 1.807) is 12.1 Å². The molecule has 0 aliphatic heterocycles. The highest BCUT2D eigenvalue weighted by Gasteiger charge is 2.15. The SMILES string of the molecule is CCc1cccc(S(=O)(=O)O)c1Cl. The fraction of sp³-hybridized carbons (Fsp3) is 0.250. The fourth-order valence-electron chi connectivity index (χ4n) is 1.03. The van der Waals surface area contributed by atoms with E-state index in [4.69, 9.17) is 16.2 Å². The minimum atomic E-state index is -4.20. The quantitative estimate of drug-likeness (QED) is 0.777. The van der Waals surface area contributed by atoms with E-state index in [1.165, 1.54) is 6.07 Å². The average Bonchev–Trinajstić information content (AvgIpc) is 2.02. The molecule has 1 rings (SSSR count). The van der Waals surface area contributed by atoms with Crippen LogP contribution < -0.4 is 0 Å². The largest absolute Gasteiger partial charge is 0.296 e. The van der Waals surface area contributed by atoms with Crippen LogP contribution in [0.2, 0.25) is 5.02 Å². The molecule has 0 heterocycles. The Kier molecular flexibility index (Phi) is 2.95. The van der Waals surface area contributed by atoms with Gasteiger partial charge in [-0.1, -0.05) is 30.7 Å². The van der Waals surface area contributed by atoms with E-state index < -0.39 is 10.1 Å². The van der Waals surface area contributed by atoms with Gasteiger partial charge in [-0.05, 0) is 18.1 Å². The van der Waals surface area contributed by atoms with Crippen LogP contribution in [0.5, 0.6) is 0 Å². The minimum Gasteiger partial charge on any atom is -0.282 e. The van der Waals surface area contributed by atoms with E-state index in [1.807, 2.05) is 6.92 Å². The first-order valence-electron chi connectivity index (χ1n) is 3.71. The molecule has 1 aromatic carbocycles. The fourth-order valence-corrected chi connectivity index (χ4v) is 2.19. The monoisotopic (exact) mass is 220 g/mol. The summed E-state index contributed by atoms with van der Waals surface area (Å²) in [5.74, 6) is 0. The van der Waals surface area contributed by atoms with Crippen LogP contribution in [-0.4, -0.2) is 13.0 Å². The Hall–Kier alpha value is -0.580. The van der Waals surface area contributed by atoms with Gasteiger partial charge in [0.15, 0.2) is 0 Å². The first-order chi connectivity index (χ1) is 5.96. The van der Waals surface area contributed by atoms with Gasteiger partial charge in [0.2, 0.25) is 0 Å². The van der Waals surface area contributed by atoms with Gasteiger partial charge in [-0.15, -0.1) is 0 Å². The summed E-state index contributed by atoms with van der Waals surface area (Å²) >= 11 is 5.75. The van der Waals surface area contributed by atoms with Crippen LogP contribution in [0, 0.1) is 0 Å². The second-order valence-electron chi connectivity index (χ2n) is 2.56. The van der Waals surface area contributed by atoms with Crippen LogP contribution in [0.3, 0.4) is 0 Å². The molecule has 0 atom stereocenters. The maximum Gasteiger partial charge on any atom is 0.296 e. The van der Waals surface area contributed by atoms with E-state index in [0.717, 1.165) is 0 Å². The topological polar surface area (TPSA) is 54.4 Å².